The third-order valence-corrected chi connectivity index (χ3v) is 3.17. The number of hydrogen-bond acceptors (Lipinski definition) is 3. The Labute approximate surface area is 106 Å². The molecular weight excluding hydrogens is 232 g/mol. The zero-order chi connectivity index (χ0) is 13.1. The summed E-state index contributed by atoms with van der Waals surface area (Å²) in [5, 5.41) is 18.6. The molecule has 2 atom stereocenters. The lowest BCUT2D eigenvalue weighted by Gasteiger charge is -2.11. The average Bonchev–Trinajstić information content (AvgIpc) is 2.67. The van der Waals surface area contributed by atoms with Crippen molar-refractivity contribution >= 4 is 5.97 Å². The minimum Gasteiger partial charge on any atom is -0.490 e. The molecule has 0 spiro atoms. The van der Waals surface area contributed by atoms with E-state index in [1.807, 2.05) is 25.1 Å². The first kappa shape index (κ1) is 12.9. The van der Waals surface area contributed by atoms with Crippen LogP contribution in [0.2, 0.25) is 0 Å². The first-order chi connectivity index (χ1) is 8.56. The van der Waals surface area contributed by atoms with Crippen LogP contribution in [0.5, 0.6) is 5.75 Å². The second-order valence-electron chi connectivity index (χ2n) is 4.80. The van der Waals surface area contributed by atoms with Gasteiger partial charge in [0, 0.05) is 12.8 Å². The van der Waals surface area contributed by atoms with Gasteiger partial charge in [-0.25, -0.2) is 0 Å². The van der Waals surface area contributed by atoms with E-state index in [2.05, 4.69) is 0 Å². The van der Waals surface area contributed by atoms with E-state index in [1.165, 1.54) is 0 Å². The van der Waals surface area contributed by atoms with Gasteiger partial charge in [-0.15, -0.1) is 0 Å². The van der Waals surface area contributed by atoms with Gasteiger partial charge in [-0.3, -0.25) is 4.79 Å². The van der Waals surface area contributed by atoms with E-state index in [4.69, 9.17) is 9.84 Å². The number of carbonyl (C=O) groups is 1. The highest BCUT2D eigenvalue weighted by Crippen LogP contribution is 2.32. The van der Waals surface area contributed by atoms with Gasteiger partial charge in [0.1, 0.15) is 11.9 Å². The van der Waals surface area contributed by atoms with Crippen molar-refractivity contribution in [2.24, 2.45) is 0 Å². The van der Waals surface area contributed by atoms with Gasteiger partial charge in [0.2, 0.25) is 0 Å². The molecule has 0 fully saturated rings. The summed E-state index contributed by atoms with van der Waals surface area (Å²) in [4.78, 5) is 10.4. The van der Waals surface area contributed by atoms with Gasteiger partial charge in [0.05, 0.1) is 6.10 Å². The first-order valence-electron chi connectivity index (χ1n) is 6.25. The lowest BCUT2D eigenvalue weighted by atomic mass is 10.00. The fourth-order valence-corrected chi connectivity index (χ4v) is 2.26. The highest BCUT2D eigenvalue weighted by atomic mass is 16.5. The fraction of sp³-hybridized carbons (Fsp3) is 0.500. The standard InChI is InChI=1S/C14H18O4/c1-9-7-11-8-10(5-6-13(11)18-9)12(15)3-2-4-14(16)17/h5-6,8-9,12,15H,2-4,7H2,1H3,(H,16,17). The van der Waals surface area contributed by atoms with Gasteiger partial charge < -0.3 is 14.9 Å². The van der Waals surface area contributed by atoms with Crippen LogP contribution in [-0.4, -0.2) is 22.3 Å². The van der Waals surface area contributed by atoms with Crippen molar-refractivity contribution in [2.75, 3.05) is 0 Å². The topological polar surface area (TPSA) is 66.8 Å². The number of benzene rings is 1. The Balaban J connectivity index is 1.97. The van der Waals surface area contributed by atoms with E-state index in [0.29, 0.717) is 12.8 Å². The molecule has 1 aromatic carbocycles. The molecule has 2 N–H and O–H groups in total. The normalized spacial score (nSPS) is 19.1. The molecule has 18 heavy (non-hydrogen) atoms. The number of aliphatic carboxylic acids is 1. The smallest absolute Gasteiger partial charge is 0.303 e. The summed E-state index contributed by atoms with van der Waals surface area (Å²) in [6.07, 6.45) is 1.53. The number of carboxylic acid groups (broad SMARTS) is 1. The van der Waals surface area contributed by atoms with E-state index in [1.54, 1.807) is 0 Å². The summed E-state index contributed by atoms with van der Waals surface area (Å²) >= 11 is 0. The molecule has 1 aliphatic rings. The van der Waals surface area contributed by atoms with Crippen LogP contribution in [0.1, 0.15) is 43.4 Å². The number of fused-ring (bicyclic) bond motifs is 1. The predicted octanol–water partition coefficient (Wildman–Crippen LogP) is 2.30. The molecule has 0 aromatic heterocycles. The molecule has 0 saturated heterocycles. The summed E-state index contributed by atoms with van der Waals surface area (Å²) in [5.41, 5.74) is 1.97. The maximum absolute atomic E-state index is 10.4. The number of ether oxygens (including phenoxy) is 1. The van der Waals surface area contributed by atoms with Crippen LogP contribution in [0.3, 0.4) is 0 Å². The van der Waals surface area contributed by atoms with Gasteiger partial charge >= 0.3 is 5.97 Å². The van der Waals surface area contributed by atoms with Crippen molar-refractivity contribution in [3.05, 3.63) is 29.3 Å². The van der Waals surface area contributed by atoms with Gasteiger partial charge in [0.25, 0.3) is 0 Å². The molecule has 98 valence electrons. The van der Waals surface area contributed by atoms with E-state index in [-0.39, 0.29) is 12.5 Å². The number of hydrogen-bond donors (Lipinski definition) is 2. The van der Waals surface area contributed by atoms with Crippen molar-refractivity contribution in [1.82, 2.24) is 0 Å². The number of carboxylic acids is 1. The van der Waals surface area contributed by atoms with Gasteiger partial charge in [-0.2, -0.15) is 0 Å². The van der Waals surface area contributed by atoms with Gasteiger partial charge in [-0.1, -0.05) is 6.07 Å². The predicted molar refractivity (Wildman–Crippen MR) is 66.7 cm³/mol. The van der Waals surface area contributed by atoms with Crippen molar-refractivity contribution < 1.29 is 19.7 Å². The van der Waals surface area contributed by atoms with Gasteiger partial charge in [-0.05, 0) is 43.0 Å². The molecule has 2 rings (SSSR count). The Hall–Kier alpha value is -1.55. The van der Waals surface area contributed by atoms with Crippen LogP contribution >= 0.6 is 0 Å². The van der Waals surface area contributed by atoms with Crippen LogP contribution in [-0.2, 0) is 11.2 Å². The molecule has 1 heterocycles. The molecule has 0 radical (unpaired) electrons. The molecule has 2 unspecified atom stereocenters. The molecular formula is C14H18O4. The lowest BCUT2D eigenvalue weighted by molar-refractivity contribution is -0.137. The van der Waals surface area contributed by atoms with Crippen molar-refractivity contribution in [3.63, 3.8) is 0 Å². The second kappa shape index (κ2) is 5.40. The van der Waals surface area contributed by atoms with Gasteiger partial charge in [0.15, 0.2) is 0 Å². The maximum atomic E-state index is 10.4. The quantitative estimate of drug-likeness (QED) is 0.841. The summed E-state index contributed by atoms with van der Waals surface area (Å²) < 4.78 is 5.59. The van der Waals surface area contributed by atoms with E-state index < -0.39 is 12.1 Å². The highest BCUT2D eigenvalue weighted by Gasteiger charge is 2.20. The molecule has 4 nitrogen and oxygen atoms in total. The van der Waals surface area contributed by atoms with Crippen LogP contribution in [0, 0.1) is 0 Å². The van der Waals surface area contributed by atoms with Crippen LogP contribution < -0.4 is 4.74 Å². The fourth-order valence-electron chi connectivity index (χ4n) is 2.26. The van der Waals surface area contributed by atoms with Crippen molar-refractivity contribution in [1.29, 1.82) is 0 Å². The second-order valence-corrected chi connectivity index (χ2v) is 4.80. The average molecular weight is 250 g/mol. The minimum atomic E-state index is -0.821. The van der Waals surface area contributed by atoms with Crippen LogP contribution in [0.4, 0.5) is 0 Å². The van der Waals surface area contributed by atoms with Crippen molar-refractivity contribution in [2.45, 2.75) is 44.8 Å². The molecule has 0 aliphatic carbocycles. The Morgan fingerprint density at radius 3 is 3.06 bits per heavy atom. The van der Waals surface area contributed by atoms with Crippen molar-refractivity contribution in [3.8, 4) is 5.75 Å². The van der Waals surface area contributed by atoms with Crippen LogP contribution in [0.15, 0.2) is 18.2 Å². The van der Waals surface area contributed by atoms with E-state index >= 15 is 0 Å². The molecule has 4 heteroatoms. The summed E-state index contributed by atoms with van der Waals surface area (Å²) in [7, 11) is 0. The third-order valence-electron chi connectivity index (χ3n) is 3.17. The Morgan fingerprint density at radius 1 is 1.56 bits per heavy atom. The zero-order valence-corrected chi connectivity index (χ0v) is 10.4. The SMILES string of the molecule is CC1Cc2cc(C(O)CCCC(=O)O)ccc2O1. The Kier molecular flexibility index (Phi) is 3.87. The lowest BCUT2D eigenvalue weighted by Crippen LogP contribution is -2.05. The maximum Gasteiger partial charge on any atom is 0.303 e. The largest absolute Gasteiger partial charge is 0.490 e. The number of rotatable bonds is 5. The number of aliphatic hydroxyl groups is 1. The van der Waals surface area contributed by atoms with E-state index in [0.717, 1.165) is 23.3 Å². The highest BCUT2D eigenvalue weighted by molar-refractivity contribution is 5.66. The molecule has 1 aromatic rings. The van der Waals surface area contributed by atoms with Crippen LogP contribution in [0.25, 0.3) is 0 Å². The van der Waals surface area contributed by atoms with E-state index in [9.17, 15) is 9.90 Å². The minimum absolute atomic E-state index is 0.0994. The molecule has 0 bridgehead atoms. The third kappa shape index (κ3) is 3.01. The molecule has 1 aliphatic heterocycles. The Morgan fingerprint density at radius 2 is 2.33 bits per heavy atom. The summed E-state index contributed by atoms with van der Waals surface area (Å²) in [6.45, 7) is 2.02. The molecule has 0 saturated carbocycles. The monoisotopic (exact) mass is 250 g/mol. The summed E-state index contributed by atoms with van der Waals surface area (Å²) in [6, 6.07) is 5.70. The zero-order valence-electron chi connectivity index (χ0n) is 10.4. The molecule has 0 amide bonds. The first-order valence-corrected chi connectivity index (χ1v) is 6.25. The summed E-state index contributed by atoms with van der Waals surface area (Å²) in [5.74, 6) is 0.0716. The Bertz CT molecular complexity index is 441. The number of aliphatic hydroxyl groups excluding tert-OH is 1.